The summed E-state index contributed by atoms with van der Waals surface area (Å²) < 4.78 is 1.95. The van der Waals surface area contributed by atoms with Crippen LogP contribution in [0.25, 0.3) is 0 Å². The Bertz CT molecular complexity index is 644. The molecule has 0 saturated carbocycles. The molecule has 1 aromatic carbocycles. The van der Waals surface area contributed by atoms with Crippen molar-refractivity contribution in [3.05, 3.63) is 40.1 Å². The Morgan fingerprint density at radius 2 is 1.88 bits per heavy atom. The Hall–Kier alpha value is -1.43. The lowest BCUT2D eigenvalue weighted by Crippen LogP contribution is -2.27. The van der Waals surface area contributed by atoms with Crippen LogP contribution in [0.15, 0.2) is 24.5 Å². The molecule has 7 heteroatoms. The van der Waals surface area contributed by atoms with Gasteiger partial charge in [0.15, 0.2) is 0 Å². The maximum atomic E-state index is 6.11. The predicted molar refractivity (Wildman–Crippen MR) is 103 cm³/mol. The molecule has 0 spiro atoms. The molecule has 2 aromatic rings. The number of nitrogens with one attached hydrogen (secondary N) is 1. The molecule has 2 rings (SSSR count). The highest BCUT2D eigenvalue weighted by Gasteiger charge is 2.11. The quantitative estimate of drug-likeness (QED) is 0.681. The SMILES string of the molecule is CCN(CC)CCn1cc(N[C@H](C)c2cc(Cl)c(N)c(Cl)c2)cn1. The molecule has 0 amide bonds. The lowest BCUT2D eigenvalue weighted by atomic mass is 10.1. The molecular weight excluding hydrogens is 345 g/mol. The van der Waals surface area contributed by atoms with Gasteiger partial charge in [0, 0.05) is 18.8 Å². The predicted octanol–water partition coefficient (Wildman–Crippen LogP) is 4.29. The Balaban J connectivity index is 1.99. The van der Waals surface area contributed by atoms with E-state index in [1.54, 1.807) is 0 Å². The highest BCUT2D eigenvalue weighted by atomic mass is 35.5. The molecule has 0 radical (unpaired) electrons. The molecule has 1 heterocycles. The zero-order chi connectivity index (χ0) is 17.7. The Morgan fingerprint density at radius 3 is 2.46 bits per heavy atom. The maximum Gasteiger partial charge on any atom is 0.0731 e. The Kier molecular flexibility index (Phi) is 6.78. The monoisotopic (exact) mass is 369 g/mol. The molecule has 24 heavy (non-hydrogen) atoms. The van der Waals surface area contributed by atoms with Crippen LogP contribution in [0, 0.1) is 0 Å². The van der Waals surface area contributed by atoms with Gasteiger partial charge in [0.1, 0.15) is 0 Å². The van der Waals surface area contributed by atoms with Gasteiger partial charge in [-0.2, -0.15) is 5.10 Å². The Labute approximate surface area is 153 Å². The molecule has 3 N–H and O–H groups in total. The summed E-state index contributed by atoms with van der Waals surface area (Å²) >= 11 is 12.2. The van der Waals surface area contributed by atoms with Crippen molar-refractivity contribution in [2.75, 3.05) is 30.7 Å². The van der Waals surface area contributed by atoms with Gasteiger partial charge in [0.2, 0.25) is 0 Å². The van der Waals surface area contributed by atoms with Crippen LogP contribution in [-0.2, 0) is 6.54 Å². The summed E-state index contributed by atoms with van der Waals surface area (Å²) in [7, 11) is 0. The molecule has 0 aliphatic heterocycles. The molecule has 1 atom stereocenters. The van der Waals surface area contributed by atoms with Crippen molar-refractivity contribution in [2.45, 2.75) is 33.4 Å². The number of nitrogens with two attached hydrogens (primary N) is 1. The van der Waals surface area contributed by atoms with Gasteiger partial charge in [-0.25, -0.2) is 0 Å². The molecule has 0 bridgehead atoms. The van der Waals surface area contributed by atoms with E-state index in [0.29, 0.717) is 15.7 Å². The normalized spacial score (nSPS) is 12.6. The van der Waals surface area contributed by atoms with E-state index in [-0.39, 0.29) is 6.04 Å². The van der Waals surface area contributed by atoms with Gasteiger partial charge < -0.3 is 16.0 Å². The number of halogens is 2. The number of likely N-dealkylation sites (N-methyl/N-ethyl adjacent to an activating group) is 1. The average molecular weight is 370 g/mol. The van der Waals surface area contributed by atoms with Crippen LogP contribution in [0.4, 0.5) is 11.4 Å². The van der Waals surface area contributed by atoms with Gasteiger partial charge in [-0.15, -0.1) is 0 Å². The lowest BCUT2D eigenvalue weighted by Gasteiger charge is -2.17. The largest absolute Gasteiger partial charge is 0.396 e. The summed E-state index contributed by atoms with van der Waals surface area (Å²) in [6.45, 7) is 10.4. The van der Waals surface area contributed by atoms with Crippen molar-refractivity contribution in [3.63, 3.8) is 0 Å². The van der Waals surface area contributed by atoms with Crippen LogP contribution in [0.2, 0.25) is 10.0 Å². The lowest BCUT2D eigenvalue weighted by molar-refractivity contribution is 0.285. The summed E-state index contributed by atoms with van der Waals surface area (Å²) in [5, 5.41) is 8.77. The van der Waals surface area contributed by atoms with Crippen molar-refractivity contribution in [2.24, 2.45) is 0 Å². The maximum absolute atomic E-state index is 6.11. The van der Waals surface area contributed by atoms with Crippen LogP contribution in [0.3, 0.4) is 0 Å². The minimum absolute atomic E-state index is 0.0426. The number of aromatic nitrogens is 2. The smallest absolute Gasteiger partial charge is 0.0731 e. The fourth-order valence-electron chi connectivity index (χ4n) is 2.53. The second-order valence-corrected chi connectivity index (χ2v) is 6.60. The van der Waals surface area contributed by atoms with Crippen LogP contribution in [0.1, 0.15) is 32.4 Å². The zero-order valence-electron chi connectivity index (χ0n) is 14.4. The number of hydrogen-bond donors (Lipinski definition) is 2. The second-order valence-electron chi connectivity index (χ2n) is 5.78. The summed E-state index contributed by atoms with van der Waals surface area (Å²) in [5.74, 6) is 0. The third-order valence-electron chi connectivity index (χ3n) is 4.16. The molecule has 0 saturated heterocycles. The van der Waals surface area contributed by atoms with Crippen molar-refractivity contribution >= 4 is 34.6 Å². The topological polar surface area (TPSA) is 59.1 Å². The number of nitrogen functional groups attached to an aromatic ring is 1. The molecule has 1 aromatic heterocycles. The fraction of sp³-hybridized carbons (Fsp3) is 0.471. The minimum atomic E-state index is 0.0426. The van der Waals surface area contributed by atoms with E-state index in [1.165, 1.54) is 0 Å². The van der Waals surface area contributed by atoms with Crippen molar-refractivity contribution in [1.29, 1.82) is 0 Å². The van der Waals surface area contributed by atoms with E-state index in [2.05, 4.69) is 29.2 Å². The Morgan fingerprint density at radius 1 is 1.25 bits per heavy atom. The standard InChI is InChI=1S/C17H25Cl2N5/c1-4-23(5-2)6-7-24-11-14(10-21-24)22-12(3)13-8-15(18)17(20)16(19)9-13/h8-12,22H,4-7,20H2,1-3H3/t12-/m1/s1. The van der Waals surface area contributed by atoms with Gasteiger partial charge in [-0.3, -0.25) is 4.68 Å². The van der Waals surface area contributed by atoms with Gasteiger partial charge in [-0.05, 0) is 37.7 Å². The van der Waals surface area contributed by atoms with Crippen LogP contribution < -0.4 is 11.1 Å². The average Bonchev–Trinajstić information content (AvgIpc) is 3.00. The molecule has 0 aliphatic rings. The summed E-state index contributed by atoms with van der Waals surface area (Å²) in [6.07, 6.45) is 3.85. The fourth-order valence-corrected chi connectivity index (χ4v) is 3.04. The van der Waals surface area contributed by atoms with E-state index in [0.717, 1.165) is 37.4 Å². The third-order valence-corrected chi connectivity index (χ3v) is 4.78. The van der Waals surface area contributed by atoms with Gasteiger partial charge in [0.05, 0.1) is 34.2 Å². The van der Waals surface area contributed by atoms with Crippen molar-refractivity contribution < 1.29 is 0 Å². The first-order chi connectivity index (χ1) is 11.4. The van der Waals surface area contributed by atoms with Gasteiger partial charge in [0.25, 0.3) is 0 Å². The second kappa shape index (κ2) is 8.60. The molecule has 0 fully saturated rings. The number of rotatable bonds is 8. The number of anilines is 2. The van der Waals surface area contributed by atoms with E-state index in [1.807, 2.05) is 36.1 Å². The molecule has 0 unspecified atom stereocenters. The molecule has 0 aliphatic carbocycles. The molecular formula is C17H25Cl2N5. The number of nitrogens with zero attached hydrogens (tertiary/aromatic N) is 3. The number of hydrogen-bond acceptors (Lipinski definition) is 4. The summed E-state index contributed by atoms with van der Waals surface area (Å²) in [4.78, 5) is 2.37. The van der Waals surface area contributed by atoms with E-state index < -0.39 is 0 Å². The van der Waals surface area contributed by atoms with E-state index in [4.69, 9.17) is 28.9 Å². The third kappa shape index (κ3) is 4.79. The van der Waals surface area contributed by atoms with Crippen molar-refractivity contribution in [1.82, 2.24) is 14.7 Å². The van der Waals surface area contributed by atoms with E-state index in [9.17, 15) is 0 Å². The first-order valence-electron chi connectivity index (χ1n) is 8.20. The van der Waals surface area contributed by atoms with Crippen LogP contribution >= 0.6 is 23.2 Å². The van der Waals surface area contributed by atoms with E-state index >= 15 is 0 Å². The molecule has 132 valence electrons. The van der Waals surface area contributed by atoms with Gasteiger partial charge in [-0.1, -0.05) is 37.0 Å². The zero-order valence-corrected chi connectivity index (χ0v) is 15.9. The van der Waals surface area contributed by atoms with Crippen LogP contribution in [-0.4, -0.2) is 34.3 Å². The van der Waals surface area contributed by atoms with Gasteiger partial charge >= 0.3 is 0 Å². The highest BCUT2D eigenvalue weighted by molar-refractivity contribution is 6.38. The highest BCUT2D eigenvalue weighted by Crippen LogP contribution is 2.32. The number of benzene rings is 1. The summed E-state index contributed by atoms with van der Waals surface area (Å²) in [6, 6.07) is 3.72. The van der Waals surface area contributed by atoms with Crippen LogP contribution in [0.5, 0.6) is 0 Å². The summed E-state index contributed by atoms with van der Waals surface area (Å²) in [5.41, 5.74) is 8.15. The first kappa shape index (κ1) is 18.9. The van der Waals surface area contributed by atoms with Crippen molar-refractivity contribution in [3.8, 4) is 0 Å². The molecule has 5 nitrogen and oxygen atoms in total. The first-order valence-corrected chi connectivity index (χ1v) is 8.95. The minimum Gasteiger partial charge on any atom is -0.396 e.